The first-order valence-corrected chi connectivity index (χ1v) is 8.83. The molecule has 2 aromatic rings. The Kier molecular flexibility index (Phi) is 7.90. The van der Waals surface area contributed by atoms with Gasteiger partial charge in [-0.05, 0) is 37.1 Å². The third-order valence-corrected chi connectivity index (χ3v) is 3.97. The summed E-state index contributed by atoms with van der Waals surface area (Å²) in [5.74, 6) is -7.65. The van der Waals surface area contributed by atoms with E-state index in [2.05, 4.69) is 5.32 Å². The van der Waals surface area contributed by atoms with Gasteiger partial charge in [0.15, 0.2) is 23.6 Å². The smallest absolute Gasteiger partial charge is 0.306 e. The highest BCUT2D eigenvalue weighted by Gasteiger charge is 2.20. The summed E-state index contributed by atoms with van der Waals surface area (Å²) in [7, 11) is 0. The number of ether oxygens (including phenoxy) is 1. The van der Waals surface area contributed by atoms with Gasteiger partial charge in [0.05, 0.1) is 12.2 Å². The highest BCUT2D eigenvalue weighted by Crippen LogP contribution is 2.19. The second kappa shape index (κ2) is 10.4. The van der Waals surface area contributed by atoms with Gasteiger partial charge in [-0.25, -0.2) is 17.6 Å². The summed E-state index contributed by atoms with van der Waals surface area (Å²) in [5, 5.41) is 4.14. The largest absolute Gasteiger partial charge is 0.453 e. The van der Waals surface area contributed by atoms with Crippen molar-refractivity contribution < 1.29 is 36.7 Å². The third kappa shape index (κ3) is 6.29. The molecular weight excluding hydrogens is 408 g/mol. The van der Waals surface area contributed by atoms with Crippen molar-refractivity contribution in [3.63, 3.8) is 0 Å². The molecule has 1 unspecified atom stereocenters. The van der Waals surface area contributed by atoms with Crippen molar-refractivity contribution in [1.82, 2.24) is 5.32 Å². The lowest BCUT2D eigenvalue weighted by atomic mass is 10.1. The molecule has 0 radical (unpaired) electrons. The summed E-state index contributed by atoms with van der Waals surface area (Å²) in [6, 6.07) is 7.38. The van der Waals surface area contributed by atoms with Gasteiger partial charge in [0.25, 0.3) is 5.91 Å². The number of rotatable bonds is 8. The molecule has 0 aliphatic heterocycles. The molecule has 0 aliphatic carbocycles. The Morgan fingerprint density at radius 2 is 1.67 bits per heavy atom. The van der Waals surface area contributed by atoms with Crippen molar-refractivity contribution in [1.29, 1.82) is 0 Å². The van der Waals surface area contributed by atoms with Crippen LogP contribution in [-0.2, 0) is 25.5 Å². The molecule has 30 heavy (non-hydrogen) atoms. The maximum atomic E-state index is 13.5. The highest BCUT2D eigenvalue weighted by atomic mass is 19.2. The molecule has 0 saturated heterocycles. The molecule has 2 N–H and O–H groups in total. The second-order valence-corrected chi connectivity index (χ2v) is 6.21. The van der Waals surface area contributed by atoms with E-state index < -0.39 is 59.4 Å². The van der Waals surface area contributed by atoms with Gasteiger partial charge >= 0.3 is 5.97 Å². The van der Waals surface area contributed by atoms with Crippen molar-refractivity contribution >= 4 is 23.5 Å². The fraction of sp³-hybridized carbons (Fsp3) is 0.250. The first kappa shape index (κ1) is 22.9. The molecule has 0 fully saturated rings. The van der Waals surface area contributed by atoms with Crippen LogP contribution in [0.15, 0.2) is 36.4 Å². The molecule has 0 spiro atoms. The molecule has 2 rings (SSSR count). The predicted octanol–water partition coefficient (Wildman–Crippen LogP) is 2.86. The molecule has 1 atom stereocenters. The maximum Gasteiger partial charge on any atom is 0.306 e. The summed E-state index contributed by atoms with van der Waals surface area (Å²) >= 11 is 0. The molecule has 160 valence electrons. The van der Waals surface area contributed by atoms with E-state index in [1.54, 1.807) is 6.07 Å². The Morgan fingerprint density at radius 3 is 2.37 bits per heavy atom. The van der Waals surface area contributed by atoms with Crippen molar-refractivity contribution in [2.24, 2.45) is 0 Å². The Bertz CT molecular complexity index is 952. The van der Waals surface area contributed by atoms with Gasteiger partial charge < -0.3 is 15.4 Å². The van der Waals surface area contributed by atoms with Crippen LogP contribution in [0, 0.1) is 23.3 Å². The number of benzene rings is 2. The molecule has 10 heteroatoms. The second-order valence-electron chi connectivity index (χ2n) is 6.21. The fourth-order valence-electron chi connectivity index (χ4n) is 2.38. The monoisotopic (exact) mass is 426 g/mol. The molecule has 0 heterocycles. The maximum absolute atomic E-state index is 13.5. The summed E-state index contributed by atoms with van der Waals surface area (Å²) in [4.78, 5) is 35.5. The number of hydrogen-bond acceptors (Lipinski definition) is 4. The highest BCUT2D eigenvalue weighted by molar-refractivity contribution is 5.95. The molecule has 6 nitrogen and oxygen atoms in total. The van der Waals surface area contributed by atoms with Crippen LogP contribution < -0.4 is 10.6 Å². The molecular formula is C20H18F4N2O4. The summed E-state index contributed by atoms with van der Waals surface area (Å²) in [5.41, 5.74) is -0.270. The number of halogens is 4. The lowest BCUT2D eigenvalue weighted by Gasteiger charge is -2.14. The predicted molar refractivity (Wildman–Crippen MR) is 98.2 cm³/mol. The third-order valence-electron chi connectivity index (χ3n) is 3.97. The Morgan fingerprint density at radius 1 is 0.967 bits per heavy atom. The van der Waals surface area contributed by atoms with Crippen LogP contribution >= 0.6 is 0 Å². The summed E-state index contributed by atoms with van der Waals surface area (Å²) in [6.45, 7) is 0.637. The van der Waals surface area contributed by atoms with Crippen molar-refractivity contribution in [3.8, 4) is 0 Å². The van der Waals surface area contributed by atoms with Crippen LogP contribution in [0.4, 0.5) is 23.2 Å². The summed E-state index contributed by atoms with van der Waals surface area (Å²) < 4.78 is 58.0. The minimum Gasteiger partial charge on any atom is -0.453 e. The van der Waals surface area contributed by atoms with Gasteiger partial charge in [-0.15, -0.1) is 0 Å². The number of aryl methyl sites for hydroxylation is 1. The van der Waals surface area contributed by atoms with Gasteiger partial charge in [-0.2, -0.15) is 0 Å². The van der Waals surface area contributed by atoms with Crippen molar-refractivity contribution in [2.45, 2.75) is 25.9 Å². The average Bonchev–Trinajstić information content (AvgIpc) is 2.71. The van der Waals surface area contributed by atoms with Gasteiger partial charge in [0, 0.05) is 6.42 Å². The van der Waals surface area contributed by atoms with E-state index in [0.29, 0.717) is 11.6 Å². The minimum atomic E-state index is -1.74. The zero-order valence-electron chi connectivity index (χ0n) is 15.8. The van der Waals surface area contributed by atoms with Crippen LogP contribution in [0.1, 0.15) is 18.9 Å². The minimum absolute atomic E-state index is 0.0854. The van der Waals surface area contributed by atoms with E-state index >= 15 is 0 Å². The number of nitrogens with one attached hydrogen (secondary N) is 2. The molecule has 2 aromatic carbocycles. The molecule has 0 aliphatic rings. The van der Waals surface area contributed by atoms with Gasteiger partial charge in [-0.1, -0.05) is 18.2 Å². The molecule has 0 saturated carbocycles. The number of anilines is 1. The van der Waals surface area contributed by atoms with Crippen LogP contribution in [0.5, 0.6) is 0 Å². The number of esters is 1. The average molecular weight is 426 g/mol. The van der Waals surface area contributed by atoms with Gasteiger partial charge in [0.2, 0.25) is 5.91 Å². The topological polar surface area (TPSA) is 84.5 Å². The van der Waals surface area contributed by atoms with Crippen LogP contribution in [-0.4, -0.2) is 30.4 Å². The Labute approximate surface area is 169 Å². The molecule has 0 bridgehead atoms. The van der Waals surface area contributed by atoms with E-state index in [-0.39, 0.29) is 12.8 Å². The van der Waals surface area contributed by atoms with Gasteiger partial charge in [-0.3, -0.25) is 14.4 Å². The van der Waals surface area contributed by atoms with E-state index in [0.717, 1.165) is 6.07 Å². The van der Waals surface area contributed by atoms with E-state index in [4.69, 9.17) is 4.74 Å². The zero-order valence-corrected chi connectivity index (χ0v) is 15.8. The van der Waals surface area contributed by atoms with E-state index in [9.17, 15) is 31.9 Å². The number of hydrogen-bond donors (Lipinski definition) is 2. The summed E-state index contributed by atoms with van der Waals surface area (Å²) in [6.07, 6.45) is -1.32. The standard InChI is InChI=1S/C20H18F4N2O4/c1-11(30-17(28)9-6-12-4-2-3-5-13(12)21)20(29)25-10-16(27)26-15-8-7-14(22)18(23)19(15)24/h2-5,7-8,11H,6,9-10H2,1H3,(H,25,29)(H,26,27). The zero-order chi connectivity index (χ0) is 22.3. The molecule has 0 aromatic heterocycles. The normalized spacial score (nSPS) is 11.5. The van der Waals surface area contributed by atoms with Crippen LogP contribution in [0.2, 0.25) is 0 Å². The van der Waals surface area contributed by atoms with Crippen molar-refractivity contribution in [2.75, 3.05) is 11.9 Å². The lowest BCUT2D eigenvalue weighted by Crippen LogP contribution is -2.40. The molecule has 2 amide bonds. The SMILES string of the molecule is CC(OC(=O)CCc1ccccc1F)C(=O)NCC(=O)Nc1ccc(F)c(F)c1F. The lowest BCUT2D eigenvalue weighted by molar-refractivity contribution is -0.154. The van der Waals surface area contributed by atoms with Crippen molar-refractivity contribution in [3.05, 3.63) is 65.2 Å². The Hall–Kier alpha value is -3.43. The first-order valence-electron chi connectivity index (χ1n) is 8.83. The van der Waals surface area contributed by atoms with E-state index in [1.807, 2.05) is 5.32 Å². The van der Waals surface area contributed by atoms with Crippen LogP contribution in [0.3, 0.4) is 0 Å². The van der Waals surface area contributed by atoms with E-state index in [1.165, 1.54) is 25.1 Å². The number of amides is 2. The first-order chi connectivity index (χ1) is 14.2. The Balaban J connectivity index is 1.77. The fourth-order valence-corrected chi connectivity index (χ4v) is 2.38. The number of carbonyl (C=O) groups excluding carboxylic acids is 3. The van der Waals surface area contributed by atoms with Gasteiger partial charge in [0.1, 0.15) is 5.82 Å². The quantitative estimate of drug-likeness (QED) is 0.386. The van der Waals surface area contributed by atoms with Crippen LogP contribution in [0.25, 0.3) is 0 Å². The number of carbonyl (C=O) groups is 3.